The van der Waals surface area contributed by atoms with E-state index in [9.17, 15) is 4.79 Å². The van der Waals surface area contributed by atoms with E-state index >= 15 is 0 Å². The molecule has 0 aromatic rings. The van der Waals surface area contributed by atoms with Crippen LogP contribution in [0.4, 0.5) is 0 Å². The largest absolute Gasteiger partial charge is 0.481 e. The van der Waals surface area contributed by atoms with Crippen LogP contribution >= 0.6 is 0 Å². The SMILES string of the molecule is CC(CNC1CCN(C)C(C)C1)C(=O)O. The van der Waals surface area contributed by atoms with E-state index in [0.29, 0.717) is 18.6 Å². The number of nitrogens with zero attached hydrogens (tertiary/aromatic N) is 1. The van der Waals surface area contributed by atoms with Gasteiger partial charge in [-0.3, -0.25) is 4.79 Å². The molecule has 88 valence electrons. The molecular weight excluding hydrogens is 192 g/mol. The van der Waals surface area contributed by atoms with Crippen LogP contribution < -0.4 is 5.32 Å². The molecule has 0 spiro atoms. The Bertz CT molecular complexity index is 221. The van der Waals surface area contributed by atoms with Gasteiger partial charge in [0.1, 0.15) is 0 Å². The first-order valence-electron chi connectivity index (χ1n) is 5.67. The predicted octanol–water partition coefficient (Wildman–Crippen LogP) is 0.779. The van der Waals surface area contributed by atoms with Crippen LogP contribution in [0.2, 0.25) is 0 Å². The molecule has 0 amide bonds. The number of likely N-dealkylation sites (tertiary alicyclic amines) is 1. The zero-order chi connectivity index (χ0) is 11.4. The summed E-state index contributed by atoms with van der Waals surface area (Å²) in [6.45, 7) is 5.64. The highest BCUT2D eigenvalue weighted by molar-refractivity contribution is 5.69. The number of hydrogen-bond acceptors (Lipinski definition) is 3. The standard InChI is InChI=1S/C11H22N2O2/c1-8(11(14)15)7-12-10-4-5-13(3)9(2)6-10/h8-10,12H,4-7H2,1-3H3,(H,14,15). The van der Waals surface area contributed by atoms with Gasteiger partial charge in [-0.05, 0) is 33.4 Å². The Kier molecular flexibility index (Phi) is 4.54. The molecule has 1 heterocycles. The first-order valence-corrected chi connectivity index (χ1v) is 5.67. The van der Waals surface area contributed by atoms with Gasteiger partial charge in [0.25, 0.3) is 0 Å². The monoisotopic (exact) mass is 214 g/mol. The summed E-state index contributed by atoms with van der Waals surface area (Å²) >= 11 is 0. The summed E-state index contributed by atoms with van der Waals surface area (Å²) in [6, 6.07) is 1.08. The van der Waals surface area contributed by atoms with Gasteiger partial charge >= 0.3 is 5.97 Å². The third kappa shape index (κ3) is 3.80. The Labute approximate surface area is 91.6 Å². The molecule has 2 N–H and O–H groups in total. The lowest BCUT2D eigenvalue weighted by molar-refractivity contribution is -0.141. The van der Waals surface area contributed by atoms with Gasteiger partial charge in [-0.15, -0.1) is 0 Å². The van der Waals surface area contributed by atoms with Crippen molar-refractivity contribution in [2.75, 3.05) is 20.1 Å². The van der Waals surface area contributed by atoms with Crippen molar-refractivity contribution in [2.45, 2.75) is 38.8 Å². The van der Waals surface area contributed by atoms with Crippen LogP contribution in [0.15, 0.2) is 0 Å². The molecule has 1 aliphatic heterocycles. The molecule has 1 saturated heterocycles. The highest BCUT2D eigenvalue weighted by atomic mass is 16.4. The fourth-order valence-electron chi connectivity index (χ4n) is 1.91. The quantitative estimate of drug-likeness (QED) is 0.726. The van der Waals surface area contributed by atoms with Crippen molar-refractivity contribution in [2.24, 2.45) is 5.92 Å². The van der Waals surface area contributed by atoms with Crippen molar-refractivity contribution in [3.05, 3.63) is 0 Å². The summed E-state index contributed by atoms with van der Waals surface area (Å²) in [5.74, 6) is -1.01. The molecule has 3 atom stereocenters. The summed E-state index contributed by atoms with van der Waals surface area (Å²) in [5, 5.41) is 12.1. The second-order valence-electron chi connectivity index (χ2n) is 4.70. The molecule has 0 aromatic heterocycles. The van der Waals surface area contributed by atoms with Gasteiger partial charge in [-0.25, -0.2) is 0 Å². The van der Waals surface area contributed by atoms with Gasteiger partial charge in [0.05, 0.1) is 5.92 Å². The number of nitrogens with one attached hydrogen (secondary N) is 1. The molecule has 0 radical (unpaired) electrons. The van der Waals surface area contributed by atoms with Crippen LogP contribution in [-0.2, 0) is 4.79 Å². The topological polar surface area (TPSA) is 52.6 Å². The van der Waals surface area contributed by atoms with E-state index in [-0.39, 0.29) is 5.92 Å². The maximum Gasteiger partial charge on any atom is 0.307 e. The van der Waals surface area contributed by atoms with E-state index < -0.39 is 5.97 Å². The van der Waals surface area contributed by atoms with Gasteiger partial charge < -0.3 is 15.3 Å². The zero-order valence-corrected chi connectivity index (χ0v) is 9.86. The Balaban J connectivity index is 2.25. The minimum Gasteiger partial charge on any atom is -0.481 e. The number of carbonyl (C=O) groups is 1. The zero-order valence-electron chi connectivity index (χ0n) is 9.86. The van der Waals surface area contributed by atoms with E-state index in [4.69, 9.17) is 5.11 Å². The van der Waals surface area contributed by atoms with Crippen molar-refractivity contribution in [1.29, 1.82) is 0 Å². The van der Waals surface area contributed by atoms with Crippen molar-refractivity contribution in [3.8, 4) is 0 Å². The number of rotatable bonds is 4. The van der Waals surface area contributed by atoms with E-state index in [1.54, 1.807) is 6.92 Å². The molecule has 4 nitrogen and oxygen atoms in total. The molecular formula is C11H22N2O2. The van der Waals surface area contributed by atoms with Gasteiger partial charge in [0.15, 0.2) is 0 Å². The van der Waals surface area contributed by atoms with E-state index in [0.717, 1.165) is 19.4 Å². The van der Waals surface area contributed by atoms with E-state index in [1.165, 1.54) is 0 Å². The van der Waals surface area contributed by atoms with E-state index in [2.05, 4.69) is 24.2 Å². The lowest BCUT2D eigenvalue weighted by atomic mass is 9.98. The molecule has 4 heteroatoms. The Morgan fingerprint density at radius 2 is 2.33 bits per heavy atom. The number of aliphatic carboxylic acids is 1. The third-order valence-electron chi connectivity index (χ3n) is 3.34. The van der Waals surface area contributed by atoms with Crippen LogP contribution in [0.3, 0.4) is 0 Å². The van der Waals surface area contributed by atoms with Crippen molar-refractivity contribution in [1.82, 2.24) is 10.2 Å². The van der Waals surface area contributed by atoms with Gasteiger partial charge in [-0.1, -0.05) is 6.92 Å². The smallest absolute Gasteiger partial charge is 0.307 e. The fraction of sp³-hybridized carbons (Fsp3) is 0.909. The Hall–Kier alpha value is -0.610. The molecule has 0 bridgehead atoms. The first-order chi connectivity index (χ1) is 7.00. The number of carboxylic acid groups (broad SMARTS) is 1. The second-order valence-corrected chi connectivity index (χ2v) is 4.70. The lowest BCUT2D eigenvalue weighted by Gasteiger charge is -2.35. The highest BCUT2D eigenvalue weighted by Gasteiger charge is 2.23. The average molecular weight is 214 g/mol. The minimum atomic E-state index is -0.719. The lowest BCUT2D eigenvalue weighted by Crippen LogP contribution is -2.46. The van der Waals surface area contributed by atoms with Gasteiger partial charge in [-0.2, -0.15) is 0 Å². The van der Waals surface area contributed by atoms with Crippen molar-refractivity contribution >= 4 is 5.97 Å². The first kappa shape index (κ1) is 12.5. The third-order valence-corrected chi connectivity index (χ3v) is 3.34. The summed E-state index contributed by atoms with van der Waals surface area (Å²) < 4.78 is 0. The molecule has 1 aliphatic rings. The molecule has 0 aromatic carbocycles. The maximum atomic E-state index is 10.6. The molecule has 15 heavy (non-hydrogen) atoms. The predicted molar refractivity (Wildman–Crippen MR) is 59.9 cm³/mol. The van der Waals surface area contributed by atoms with Crippen molar-refractivity contribution < 1.29 is 9.90 Å². The molecule has 1 fully saturated rings. The summed E-state index contributed by atoms with van der Waals surface area (Å²) in [5.41, 5.74) is 0. The van der Waals surface area contributed by atoms with Crippen LogP contribution in [0.25, 0.3) is 0 Å². The summed E-state index contributed by atoms with van der Waals surface area (Å²) in [6.07, 6.45) is 2.23. The highest BCUT2D eigenvalue weighted by Crippen LogP contribution is 2.15. The Morgan fingerprint density at radius 1 is 1.67 bits per heavy atom. The molecule has 3 unspecified atom stereocenters. The normalized spacial score (nSPS) is 30.1. The van der Waals surface area contributed by atoms with Crippen molar-refractivity contribution in [3.63, 3.8) is 0 Å². The number of piperidine rings is 1. The van der Waals surface area contributed by atoms with E-state index in [1.807, 2.05) is 0 Å². The maximum absolute atomic E-state index is 10.6. The van der Waals surface area contributed by atoms with Crippen LogP contribution in [-0.4, -0.2) is 48.2 Å². The van der Waals surface area contributed by atoms with Gasteiger partial charge in [0, 0.05) is 18.6 Å². The minimum absolute atomic E-state index is 0.292. The molecule has 0 aliphatic carbocycles. The molecule has 1 rings (SSSR count). The summed E-state index contributed by atoms with van der Waals surface area (Å²) in [4.78, 5) is 13.0. The van der Waals surface area contributed by atoms with Crippen LogP contribution in [0.1, 0.15) is 26.7 Å². The van der Waals surface area contributed by atoms with Crippen LogP contribution in [0, 0.1) is 5.92 Å². The number of hydrogen-bond donors (Lipinski definition) is 2. The summed E-state index contributed by atoms with van der Waals surface area (Å²) in [7, 11) is 2.14. The average Bonchev–Trinajstić information content (AvgIpc) is 2.19. The second kappa shape index (κ2) is 5.47. The fourth-order valence-corrected chi connectivity index (χ4v) is 1.91. The number of carboxylic acids is 1. The van der Waals surface area contributed by atoms with Gasteiger partial charge in [0.2, 0.25) is 0 Å². The molecule has 0 saturated carbocycles. The Morgan fingerprint density at radius 3 is 2.87 bits per heavy atom. The van der Waals surface area contributed by atoms with Crippen LogP contribution in [0.5, 0.6) is 0 Å².